The number of alkyl halides is 3. The number of rotatable bonds is 7. The van der Waals surface area contributed by atoms with Crippen LogP contribution >= 0.6 is 11.3 Å². The first-order valence-electron chi connectivity index (χ1n) is 7.28. The smallest absolute Gasteiger partial charge is 0.471 e. The lowest BCUT2D eigenvalue weighted by Crippen LogP contribution is -2.30. The summed E-state index contributed by atoms with van der Waals surface area (Å²) in [6.45, 7) is 4.78. The molecule has 1 heterocycles. The molecule has 25 heavy (non-hydrogen) atoms. The molecule has 140 valence electrons. The summed E-state index contributed by atoms with van der Waals surface area (Å²) in [6.07, 6.45) is -5.17. The molecular weight excluding hydrogens is 363 g/mol. The minimum Gasteiger partial charge on any atom is -0.478 e. The molecule has 0 aliphatic heterocycles. The van der Waals surface area contributed by atoms with Crippen molar-refractivity contribution in [1.29, 1.82) is 0 Å². The first-order chi connectivity index (χ1) is 11.6. The van der Waals surface area contributed by atoms with Crippen molar-refractivity contribution in [2.75, 3.05) is 25.5 Å². The summed E-state index contributed by atoms with van der Waals surface area (Å²) in [6, 6.07) is 0. The van der Waals surface area contributed by atoms with E-state index >= 15 is 0 Å². The second-order valence-corrected chi connectivity index (χ2v) is 5.93. The highest BCUT2D eigenvalue weighted by Crippen LogP contribution is 2.35. The van der Waals surface area contributed by atoms with Crippen LogP contribution in [0.25, 0.3) is 0 Å². The van der Waals surface area contributed by atoms with E-state index in [9.17, 15) is 32.7 Å². The van der Waals surface area contributed by atoms with Gasteiger partial charge in [0.15, 0.2) is 0 Å². The first kappa shape index (κ1) is 20.9. The van der Waals surface area contributed by atoms with Gasteiger partial charge < -0.3 is 15.7 Å². The zero-order valence-corrected chi connectivity index (χ0v) is 14.6. The lowest BCUT2D eigenvalue weighted by Gasteiger charge is -2.18. The number of aromatic carboxylic acids is 1. The van der Waals surface area contributed by atoms with Crippen LogP contribution in [0, 0.1) is 0 Å². The number of hydrogen-bond donors (Lipinski definition) is 3. The summed E-state index contributed by atoms with van der Waals surface area (Å²) in [5.74, 6) is -4.46. The van der Waals surface area contributed by atoms with E-state index in [2.05, 4.69) is 5.32 Å². The van der Waals surface area contributed by atoms with Gasteiger partial charge >= 0.3 is 18.1 Å². The Morgan fingerprint density at radius 2 is 1.76 bits per heavy atom. The number of nitrogens with one attached hydrogen (secondary N) is 2. The quantitative estimate of drug-likeness (QED) is 0.672. The molecule has 11 heteroatoms. The molecule has 0 fully saturated rings. The van der Waals surface area contributed by atoms with Crippen molar-refractivity contribution in [3.05, 3.63) is 16.0 Å². The second-order valence-electron chi connectivity index (χ2n) is 4.91. The zero-order valence-electron chi connectivity index (χ0n) is 13.8. The van der Waals surface area contributed by atoms with Crippen LogP contribution in [-0.2, 0) is 11.3 Å². The van der Waals surface area contributed by atoms with Crippen LogP contribution in [0.5, 0.6) is 0 Å². The Kier molecular flexibility index (Phi) is 6.94. The number of hydrogen-bond acceptors (Lipinski definition) is 5. The molecule has 0 aromatic carbocycles. The topological polar surface area (TPSA) is 98.7 Å². The van der Waals surface area contributed by atoms with E-state index in [0.29, 0.717) is 24.4 Å². The second kappa shape index (κ2) is 8.30. The number of amides is 2. The van der Waals surface area contributed by atoms with E-state index in [1.165, 1.54) is 7.05 Å². The molecule has 1 aromatic heterocycles. The summed E-state index contributed by atoms with van der Waals surface area (Å²) in [5, 5.41) is 12.8. The number of thiophene rings is 1. The molecule has 0 radical (unpaired) electrons. The van der Waals surface area contributed by atoms with E-state index in [1.54, 1.807) is 10.2 Å². The van der Waals surface area contributed by atoms with Gasteiger partial charge in [0, 0.05) is 19.2 Å². The van der Waals surface area contributed by atoms with Crippen molar-refractivity contribution in [3.63, 3.8) is 0 Å². The Bertz CT molecular complexity index is 669. The fraction of sp³-hybridized carbons (Fsp3) is 0.500. The molecule has 0 saturated heterocycles. The maximum Gasteiger partial charge on any atom is 0.471 e. The Hall–Kier alpha value is -2.14. The van der Waals surface area contributed by atoms with Gasteiger partial charge in [-0.15, -0.1) is 11.3 Å². The monoisotopic (exact) mass is 381 g/mol. The number of carbonyl (C=O) groups is 3. The van der Waals surface area contributed by atoms with Crippen LogP contribution < -0.4 is 10.6 Å². The third-order valence-corrected chi connectivity index (χ3v) is 4.56. The molecular formula is C14H18F3N3O4S. The number of carboxylic acid groups (broad SMARTS) is 1. The maximum absolute atomic E-state index is 12.5. The van der Waals surface area contributed by atoms with Gasteiger partial charge in [0.1, 0.15) is 5.00 Å². The minimum absolute atomic E-state index is 0.0514. The average Bonchev–Trinajstić information content (AvgIpc) is 2.88. The van der Waals surface area contributed by atoms with E-state index in [4.69, 9.17) is 0 Å². The molecule has 0 aliphatic carbocycles. The highest BCUT2D eigenvalue weighted by Gasteiger charge is 2.40. The van der Waals surface area contributed by atoms with Crippen LogP contribution in [-0.4, -0.2) is 54.1 Å². The maximum atomic E-state index is 12.5. The van der Waals surface area contributed by atoms with Crippen molar-refractivity contribution < 1.29 is 32.7 Å². The fourth-order valence-corrected chi connectivity index (χ4v) is 3.22. The fourth-order valence-electron chi connectivity index (χ4n) is 2.07. The predicted molar refractivity (Wildman–Crippen MR) is 86.0 cm³/mol. The van der Waals surface area contributed by atoms with Crippen LogP contribution in [0.4, 0.5) is 18.2 Å². The molecule has 3 N–H and O–H groups in total. The summed E-state index contributed by atoms with van der Waals surface area (Å²) in [5.41, 5.74) is -0.439. The lowest BCUT2D eigenvalue weighted by molar-refractivity contribution is -0.167. The van der Waals surface area contributed by atoms with E-state index in [-0.39, 0.29) is 17.0 Å². The predicted octanol–water partition coefficient (Wildman–Crippen LogP) is 2.15. The molecule has 0 atom stereocenters. The molecule has 0 unspecified atom stereocenters. The Labute approximate surface area is 145 Å². The van der Waals surface area contributed by atoms with Gasteiger partial charge in [-0.3, -0.25) is 14.5 Å². The summed E-state index contributed by atoms with van der Waals surface area (Å²) in [4.78, 5) is 36.5. The van der Waals surface area contributed by atoms with Crippen molar-refractivity contribution in [2.24, 2.45) is 0 Å². The van der Waals surface area contributed by atoms with Gasteiger partial charge in [0.05, 0.1) is 10.4 Å². The first-order valence-corrected chi connectivity index (χ1v) is 8.09. The van der Waals surface area contributed by atoms with Gasteiger partial charge in [-0.05, 0) is 13.1 Å². The molecule has 0 bridgehead atoms. The highest BCUT2D eigenvalue weighted by molar-refractivity contribution is 7.18. The largest absolute Gasteiger partial charge is 0.478 e. The molecule has 0 spiro atoms. The number of halogens is 3. The molecule has 2 amide bonds. The summed E-state index contributed by atoms with van der Waals surface area (Å²) < 4.78 is 37.4. The number of anilines is 1. The van der Waals surface area contributed by atoms with Crippen molar-refractivity contribution in [1.82, 2.24) is 10.2 Å². The SMILES string of the molecule is CCN(CC)Cc1c(C(=O)NC)sc(NC(=O)C(F)(F)F)c1C(=O)O. The minimum atomic E-state index is -5.17. The molecule has 0 aliphatic rings. The van der Waals surface area contributed by atoms with Crippen LogP contribution in [0.3, 0.4) is 0 Å². The van der Waals surface area contributed by atoms with Gasteiger partial charge in [-0.2, -0.15) is 13.2 Å². The molecule has 7 nitrogen and oxygen atoms in total. The van der Waals surface area contributed by atoms with Crippen LogP contribution in [0.15, 0.2) is 0 Å². The summed E-state index contributed by atoms with van der Waals surface area (Å²) >= 11 is 0.503. The van der Waals surface area contributed by atoms with Gasteiger partial charge in [-0.1, -0.05) is 13.8 Å². The normalized spacial score (nSPS) is 11.5. The van der Waals surface area contributed by atoms with Crippen LogP contribution in [0.2, 0.25) is 0 Å². The van der Waals surface area contributed by atoms with Crippen molar-refractivity contribution >= 4 is 34.1 Å². The Morgan fingerprint density at radius 3 is 2.16 bits per heavy atom. The molecule has 1 aromatic rings. The van der Waals surface area contributed by atoms with E-state index in [0.717, 1.165) is 0 Å². The van der Waals surface area contributed by atoms with Crippen molar-refractivity contribution in [2.45, 2.75) is 26.6 Å². The van der Waals surface area contributed by atoms with E-state index < -0.39 is 34.5 Å². The van der Waals surface area contributed by atoms with Crippen LogP contribution in [0.1, 0.15) is 39.4 Å². The number of carbonyl (C=O) groups excluding carboxylic acids is 2. The third kappa shape index (κ3) is 4.92. The highest BCUT2D eigenvalue weighted by atomic mass is 32.1. The standard InChI is InChI=1S/C14H18F3N3O4S/c1-4-20(5-2)6-7-8(12(22)23)11(19-13(24)14(15,16)17)25-9(7)10(21)18-3/h4-6H2,1-3H3,(H,18,21)(H,19,24)(H,22,23). The summed E-state index contributed by atoms with van der Waals surface area (Å²) in [7, 11) is 1.32. The third-order valence-electron chi connectivity index (χ3n) is 3.41. The average molecular weight is 381 g/mol. The van der Waals surface area contributed by atoms with Gasteiger partial charge in [0.25, 0.3) is 5.91 Å². The van der Waals surface area contributed by atoms with Crippen molar-refractivity contribution in [3.8, 4) is 0 Å². The lowest BCUT2D eigenvalue weighted by atomic mass is 10.1. The van der Waals surface area contributed by atoms with Gasteiger partial charge in [0.2, 0.25) is 0 Å². The molecule has 1 rings (SSSR count). The number of carboxylic acids is 1. The number of nitrogens with zero attached hydrogens (tertiary/aromatic N) is 1. The van der Waals surface area contributed by atoms with E-state index in [1.807, 2.05) is 13.8 Å². The van der Waals surface area contributed by atoms with Gasteiger partial charge in [-0.25, -0.2) is 4.79 Å². The molecule has 0 saturated carbocycles. The Morgan fingerprint density at radius 1 is 1.20 bits per heavy atom. The zero-order chi connectivity index (χ0) is 19.4. The Balaban J connectivity index is 3.47.